The third-order valence-corrected chi connectivity index (χ3v) is 3.82. The van der Waals surface area contributed by atoms with Crippen LogP contribution in [0.3, 0.4) is 0 Å². The van der Waals surface area contributed by atoms with Crippen molar-refractivity contribution in [1.29, 1.82) is 0 Å². The second kappa shape index (κ2) is 7.75. The van der Waals surface area contributed by atoms with Gasteiger partial charge in [-0.05, 0) is 63.6 Å². The molecule has 1 N–H and O–H groups in total. The number of hydrogen-bond acceptors (Lipinski definition) is 4. The summed E-state index contributed by atoms with van der Waals surface area (Å²) >= 11 is 0. The summed E-state index contributed by atoms with van der Waals surface area (Å²) < 4.78 is 5.26. The van der Waals surface area contributed by atoms with Gasteiger partial charge in [0, 0.05) is 11.3 Å². The van der Waals surface area contributed by atoms with Crippen molar-refractivity contribution >= 4 is 23.3 Å². The Kier molecular flexibility index (Phi) is 5.70. The lowest BCUT2D eigenvalue weighted by atomic mass is 10.1. The van der Waals surface area contributed by atoms with E-state index in [4.69, 9.17) is 4.74 Å². The van der Waals surface area contributed by atoms with Gasteiger partial charge in [0.1, 0.15) is 0 Å². The molecule has 2 rings (SSSR count). The zero-order valence-corrected chi connectivity index (χ0v) is 14.8. The molecule has 2 aromatic carbocycles. The fraction of sp³-hybridized carbons (Fsp3) is 0.250. The summed E-state index contributed by atoms with van der Waals surface area (Å²) in [6.07, 6.45) is -0.945. The summed E-state index contributed by atoms with van der Waals surface area (Å²) in [4.78, 5) is 35.7. The number of nitrogens with one attached hydrogen (secondary N) is 1. The molecular formula is C20H21NO4. The van der Waals surface area contributed by atoms with Gasteiger partial charge in [-0.3, -0.25) is 9.59 Å². The molecule has 0 saturated heterocycles. The molecule has 0 aliphatic heterocycles. The van der Waals surface area contributed by atoms with Crippen LogP contribution in [-0.4, -0.2) is 23.8 Å². The van der Waals surface area contributed by atoms with Crippen molar-refractivity contribution in [1.82, 2.24) is 0 Å². The van der Waals surface area contributed by atoms with E-state index in [1.54, 1.807) is 30.3 Å². The van der Waals surface area contributed by atoms with Gasteiger partial charge in [0.25, 0.3) is 5.91 Å². The maximum absolute atomic E-state index is 12.3. The minimum absolute atomic E-state index is 0.0475. The van der Waals surface area contributed by atoms with Crippen LogP contribution in [0.5, 0.6) is 0 Å². The van der Waals surface area contributed by atoms with Crippen molar-refractivity contribution in [3.63, 3.8) is 0 Å². The summed E-state index contributed by atoms with van der Waals surface area (Å²) in [5.74, 6) is -1.02. The van der Waals surface area contributed by atoms with E-state index < -0.39 is 18.0 Å². The predicted molar refractivity (Wildman–Crippen MR) is 95.9 cm³/mol. The lowest BCUT2D eigenvalue weighted by Gasteiger charge is -2.15. The molecule has 5 heteroatoms. The zero-order valence-electron chi connectivity index (χ0n) is 14.8. The van der Waals surface area contributed by atoms with E-state index in [1.165, 1.54) is 13.8 Å². The van der Waals surface area contributed by atoms with Crippen molar-refractivity contribution in [2.45, 2.75) is 33.8 Å². The smallest absolute Gasteiger partial charge is 0.339 e. The third kappa shape index (κ3) is 4.76. The lowest BCUT2D eigenvalue weighted by Crippen LogP contribution is -2.30. The van der Waals surface area contributed by atoms with Crippen LogP contribution >= 0.6 is 0 Å². The molecule has 0 aromatic heterocycles. The fourth-order valence-corrected chi connectivity index (χ4v) is 2.27. The minimum Gasteiger partial charge on any atom is -0.449 e. The van der Waals surface area contributed by atoms with Gasteiger partial charge in [0.05, 0.1) is 5.56 Å². The minimum atomic E-state index is -0.945. The van der Waals surface area contributed by atoms with Gasteiger partial charge in [0.15, 0.2) is 11.9 Å². The number of ether oxygens (including phenoxy) is 1. The van der Waals surface area contributed by atoms with Gasteiger partial charge in [-0.1, -0.05) is 17.7 Å². The van der Waals surface area contributed by atoms with E-state index in [2.05, 4.69) is 5.32 Å². The molecule has 0 aliphatic carbocycles. The number of ketones is 1. The van der Waals surface area contributed by atoms with E-state index in [9.17, 15) is 14.4 Å². The molecule has 0 bridgehead atoms. The highest BCUT2D eigenvalue weighted by Gasteiger charge is 2.20. The van der Waals surface area contributed by atoms with Gasteiger partial charge in [-0.25, -0.2) is 4.79 Å². The van der Waals surface area contributed by atoms with E-state index in [1.807, 2.05) is 26.0 Å². The zero-order chi connectivity index (χ0) is 18.6. The summed E-state index contributed by atoms with van der Waals surface area (Å²) in [7, 11) is 0. The number of esters is 1. The van der Waals surface area contributed by atoms with Crippen molar-refractivity contribution in [2.75, 3.05) is 5.32 Å². The number of anilines is 1. The highest BCUT2D eigenvalue weighted by atomic mass is 16.5. The molecule has 5 nitrogen and oxygen atoms in total. The summed E-state index contributed by atoms with van der Waals surface area (Å²) in [6.45, 7) is 6.69. The average molecular weight is 339 g/mol. The molecule has 130 valence electrons. The van der Waals surface area contributed by atoms with Gasteiger partial charge in [-0.2, -0.15) is 0 Å². The van der Waals surface area contributed by atoms with Crippen LogP contribution in [0.4, 0.5) is 5.69 Å². The second-order valence-corrected chi connectivity index (χ2v) is 5.99. The van der Waals surface area contributed by atoms with Crippen LogP contribution in [0.1, 0.15) is 45.7 Å². The normalized spacial score (nSPS) is 11.5. The molecule has 0 heterocycles. The first-order valence-electron chi connectivity index (χ1n) is 7.98. The van der Waals surface area contributed by atoms with Crippen molar-refractivity contribution < 1.29 is 19.1 Å². The van der Waals surface area contributed by atoms with E-state index in [0.717, 1.165) is 11.1 Å². The second-order valence-electron chi connectivity index (χ2n) is 5.99. The average Bonchev–Trinajstić information content (AvgIpc) is 2.57. The molecule has 1 atom stereocenters. The number of hydrogen-bond donors (Lipinski definition) is 1. The Bertz CT molecular complexity index is 809. The number of rotatable bonds is 5. The molecule has 0 aliphatic rings. The topological polar surface area (TPSA) is 72.5 Å². The summed E-state index contributed by atoms with van der Waals surface area (Å²) in [5, 5.41) is 2.66. The van der Waals surface area contributed by atoms with Gasteiger partial charge < -0.3 is 10.1 Å². The van der Waals surface area contributed by atoms with Gasteiger partial charge in [-0.15, -0.1) is 0 Å². The Balaban J connectivity index is 2.01. The summed E-state index contributed by atoms with van der Waals surface area (Å²) in [5.41, 5.74) is 3.28. The maximum Gasteiger partial charge on any atom is 0.339 e. The fourth-order valence-electron chi connectivity index (χ4n) is 2.27. The Morgan fingerprint density at radius 2 is 1.64 bits per heavy atom. The van der Waals surface area contributed by atoms with Gasteiger partial charge >= 0.3 is 5.97 Å². The number of carbonyl (C=O) groups excluding carboxylic acids is 3. The predicted octanol–water partition coefficient (Wildman–Crippen LogP) is 3.69. The standard InChI is InChI=1S/C20H21NO4/c1-12-5-6-13(2)18(11-12)20(24)25-15(4)19(23)21-17-9-7-16(8-10-17)14(3)22/h5-11,15H,1-4H3,(H,21,23). The largest absolute Gasteiger partial charge is 0.449 e. The molecule has 0 spiro atoms. The van der Waals surface area contributed by atoms with Crippen LogP contribution in [0.25, 0.3) is 0 Å². The molecule has 25 heavy (non-hydrogen) atoms. The number of aryl methyl sites for hydroxylation is 2. The van der Waals surface area contributed by atoms with Crippen LogP contribution in [0, 0.1) is 13.8 Å². The highest BCUT2D eigenvalue weighted by molar-refractivity contribution is 5.98. The summed E-state index contributed by atoms with van der Waals surface area (Å²) in [6, 6.07) is 12.0. The molecular weight excluding hydrogens is 318 g/mol. The first-order chi connectivity index (χ1) is 11.8. The molecule has 1 unspecified atom stereocenters. The van der Waals surface area contributed by atoms with Crippen molar-refractivity contribution in [3.05, 3.63) is 64.7 Å². The Morgan fingerprint density at radius 3 is 2.24 bits per heavy atom. The first kappa shape index (κ1) is 18.4. The van der Waals surface area contributed by atoms with Crippen LogP contribution in [-0.2, 0) is 9.53 Å². The number of amides is 1. The number of Topliss-reactive ketones (excluding diaryl/α,β-unsaturated/α-hetero) is 1. The van der Waals surface area contributed by atoms with Crippen molar-refractivity contribution in [3.8, 4) is 0 Å². The Morgan fingerprint density at radius 1 is 1.00 bits per heavy atom. The Labute approximate surface area is 147 Å². The monoisotopic (exact) mass is 339 g/mol. The molecule has 0 saturated carbocycles. The van der Waals surface area contributed by atoms with Gasteiger partial charge in [0.2, 0.25) is 0 Å². The molecule has 2 aromatic rings. The van der Waals surface area contributed by atoms with Crippen LogP contribution in [0.15, 0.2) is 42.5 Å². The molecule has 0 fully saturated rings. The van der Waals surface area contributed by atoms with E-state index >= 15 is 0 Å². The van der Waals surface area contributed by atoms with Crippen molar-refractivity contribution in [2.24, 2.45) is 0 Å². The van der Waals surface area contributed by atoms with Crippen LogP contribution < -0.4 is 5.32 Å². The number of carbonyl (C=O) groups is 3. The number of benzene rings is 2. The third-order valence-electron chi connectivity index (χ3n) is 3.82. The van der Waals surface area contributed by atoms with E-state index in [-0.39, 0.29) is 5.78 Å². The molecule has 0 radical (unpaired) electrons. The molecule has 1 amide bonds. The maximum atomic E-state index is 12.3. The quantitative estimate of drug-likeness (QED) is 0.666. The lowest BCUT2D eigenvalue weighted by molar-refractivity contribution is -0.123. The van der Waals surface area contributed by atoms with Crippen LogP contribution in [0.2, 0.25) is 0 Å². The Hall–Kier alpha value is -2.95. The first-order valence-corrected chi connectivity index (χ1v) is 7.98. The van der Waals surface area contributed by atoms with E-state index in [0.29, 0.717) is 16.8 Å². The highest BCUT2D eigenvalue weighted by Crippen LogP contribution is 2.14. The SMILES string of the molecule is CC(=O)c1ccc(NC(=O)C(C)OC(=O)c2cc(C)ccc2C)cc1.